The number of rotatable bonds is 8. The second-order valence-corrected chi connectivity index (χ2v) is 4.89. The Morgan fingerprint density at radius 1 is 1.19 bits per heavy atom. The van der Waals surface area contributed by atoms with Gasteiger partial charge in [-0.05, 0) is 19.9 Å². The Morgan fingerprint density at radius 2 is 1.81 bits per heavy atom. The summed E-state index contributed by atoms with van der Waals surface area (Å²) in [6, 6.07) is 6.10. The predicted molar refractivity (Wildman–Crippen MR) is 70.9 cm³/mol. The van der Waals surface area contributed by atoms with Crippen molar-refractivity contribution in [1.82, 2.24) is 0 Å². The number of hydrogen-bond acceptors (Lipinski definition) is 3. The van der Waals surface area contributed by atoms with Crippen LogP contribution >= 0.6 is 0 Å². The van der Waals surface area contributed by atoms with Crippen molar-refractivity contribution in [2.75, 3.05) is 13.2 Å². The van der Waals surface area contributed by atoms with Crippen LogP contribution in [0, 0.1) is 0 Å². The van der Waals surface area contributed by atoms with Crippen molar-refractivity contribution in [3.05, 3.63) is 29.8 Å². The van der Waals surface area contributed by atoms with E-state index >= 15 is 0 Å². The molecular weight excluding hydrogens is 290 g/mol. The van der Waals surface area contributed by atoms with E-state index in [0.717, 1.165) is 0 Å². The van der Waals surface area contributed by atoms with Crippen molar-refractivity contribution in [2.45, 2.75) is 38.3 Å². The van der Waals surface area contributed by atoms with Gasteiger partial charge >= 0.3 is 12.3 Å². The Bertz CT molecular complexity index is 441. The molecule has 1 atom stereocenters. The van der Waals surface area contributed by atoms with Crippen LogP contribution in [0.15, 0.2) is 24.3 Å². The number of halogens is 4. The number of ether oxygens (including phenoxy) is 2. The Labute approximate surface area is 121 Å². The fourth-order valence-electron chi connectivity index (χ4n) is 1.62. The standard InChI is InChI=1S/C14H19F4NO2/c1-9(2)21-12-6-4-3-5-10(12)11(19)7-20-8-14(17,18)13(15)16/h3-6,9,11,13H,7-8,19H2,1-2H3. The minimum atomic E-state index is -4.17. The maximum atomic E-state index is 12.7. The zero-order chi connectivity index (χ0) is 16.0. The molecule has 0 aliphatic carbocycles. The summed E-state index contributed by atoms with van der Waals surface area (Å²) in [5.41, 5.74) is 6.42. The summed E-state index contributed by atoms with van der Waals surface area (Å²) in [6.45, 7) is 2.00. The predicted octanol–water partition coefficient (Wildman–Crippen LogP) is 3.39. The van der Waals surface area contributed by atoms with Gasteiger partial charge in [-0.2, -0.15) is 8.78 Å². The van der Waals surface area contributed by atoms with Crippen molar-refractivity contribution in [3.8, 4) is 5.75 Å². The third-order valence-corrected chi connectivity index (χ3v) is 2.59. The van der Waals surface area contributed by atoms with Crippen molar-refractivity contribution in [3.63, 3.8) is 0 Å². The van der Waals surface area contributed by atoms with Crippen LogP contribution in [0.5, 0.6) is 5.75 Å². The molecule has 1 rings (SSSR count). The summed E-state index contributed by atoms with van der Waals surface area (Å²) < 4.78 is 59.6. The van der Waals surface area contributed by atoms with E-state index in [1.165, 1.54) is 0 Å². The van der Waals surface area contributed by atoms with Gasteiger partial charge in [-0.25, -0.2) is 8.78 Å². The highest BCUT2D eigenvalue weighted by molar-refractivity contribution is 5.35. The number of hydrogen-bond donors (Lipinski definition) is 1. The highest BCUT2D eigenvalue weighted by atomic mass is 19.3. The van der Waals surface area contributed by atoms with Crippen LogP contribution in [0.3, 0.4) is 0 Å². The second kappa shape index (κ2) is 7.61. The molecule has 0 aromatic heterocycles. The van der Waals surface area contributed by atoms with E-state index in [9.17, 15) is 17.6 Å². The third-order valence-electron chi connectivity index (χ3n) is 2.59. The van der Waals surface area contributed by atoms with Crippen LogP contribution in [-0.4, -0.2) is 31.7 Å². The molecule has 1 aromatic carbocycles. The molecule has 0 saturated heterocycles. The van der Waals surface area contributed by atoms with Crippen molar-refractivity contribution < 1.29 is 27.0 Å². The van der Waals surface area contributed by atoms with Gasteiger partial charge in [0.1, 0.15) is 12.4 Å². The lowest BCUT2D eigenvalue weighted by Gasteiger charge is -2.20. The molecule has 0 saturated carbocycles. The Kier molecular flexibility index (Phi) is 6.42. The van der Waals surface area contributed by atoms with Gasteiger partial charge in [-0.15, -0.1) is 0 Å². The van der Waals surface area contributed by atoms with E-state index in [-0.39, 0.29) is 12.7 Å². The number of nitrogens with two attached hydrogens (primary N) is 1. The summed E-state index contributed by atoms with van der Waals surface area (Å²) in [5.74, 6) is -3.66. The lowest BCUT2D eigenvalue weighted by molar-refractivity contribution is -0.166. The van der Waals surface area contributed by atoms with E-state index < -0.39 is 25.0 Å². The molecule has 1 aromatic rings. The Morgan fingerprint density at radius 3 is 2.38 bits per heavy atom. The first-order valence-electron chi connectivity index (χ1n) is 6.49. The van der Waals surface area contributed by atoms with Crippen LogP contribution in [0.1, 0.15) is 25.5 Å². The largest absolute Gasteiger partial charge is 0.491 e. The van der Waals surface area contributed by atoms with Gasteiger partial charge in [0.15, 0.2) is 0 Å². The van der Waals surface area contributed by atoms with E-state index in [0.29, 0.717) is 11.3 Å². The Hall–Kier alpha value is -1.34. The van der Waals surface area contributed by atoms with Crippen LogP contribution in [0.25, 0.3) is 0 Å². The minimum Gasteiger partial charge on any atom is -0.491 e. The first kappa shape index (κ1) is 17.7. The van der Waals surface area contributed by atoms with Gasteiger partial charge in [0.05, 0.1) is 18.8 Å². The van der Waals surface area contributed by atoms with Gasteiger partial charge in [0, 0.05) is 5.56 Å². The molecule has 0 aliphatic heterocycles. The normalized spacial score (nSPS) is 13.8. The zero-order valence-electron chi connectivity index (χ0n) is 11.9. The highest BCUT2D eigenvalue weighted by Crippen LogP contribution is 2.26. The van der Waals surface area contributed by atoms with Crippen LogP contribution in [-0.2, 0) is 4.74 Å². The van der Waals surface area contributed by atoms with E-state index in [2.05, 4.69) is 4.74 Å². The fourth-order valence-corrected chi connectivity index (χ4v) is 1.62. The molecular formula is C14H19F4NO2. The van der Waals surface area contributed by atoms with Gasteiger partial charge < -0.3 is 15.2 Å². The molecule has 0 spiro atoms. The van der Waals surface area contributed by atoms with Crippen LogP contribution < -0.4 is 10.5 Å². The van der Waals surface area contributed by atoms with Gasteiger partial charge in [0.2, 0.25) is 0 Å². The molecule has 0 radical (unpaired) electrons. The molecule has 7 heteroatoms. The lowest BCUT2D eigenvalue weighted by atomic mass is 10.1. The summed E-state index contributed by atoms with van der Waals surface area (Å²) in [7, 11) is 0. The monoisotopic (exact) mass is 309 g/mol. The molecule has 120 valence electrons. The molecule has 3 nitrogen and oxygen atoms in total. The topological polar surface area (TPSA) is 44.5 Å². The number of para-hydroxylation sites is 1. The minimum absolute atomic E-state index is 0.0811. The summed E-state index contributed by atoms with van der Waals surface area (Å²) in [6.07, 6.45) is -3.84. The Balaban J connectivity index is 2.62. The molecule has 1 unspecified atom stereocenters. The molecule has 2 N–H and O–H groups in total. The fraction of sp³-hybridized carbons (Fsp3) is 0.571. The van der Waals surface area contributed by atoms with Crippen LogP contribution in [0.4, 0.5) is 17.6 Å². The van der Waals surface area contributed by atoms with Crippen molar-refractivity contribution >= 4 is 0 Å². The first-order valence-corrected chi connectivity index (χ1v) is 6.49. The van der Waals surface area contributed by atoms with Gasteiger partial charge in [-0.1, -0.05) is 18.2 Å². The summed E-state index contributed by atoms with van der Waals surface area (Å²) in [5, 5.41) is 0. The van der Waals surface area contributed by atoms with Gasteiger partial charge in [-0.3, -0.25) is 0 Å². The maximum absolute atomic E-state index is 12.7. The summed E-state index contributed by atoms with van der Waals surface area (Å²) >= 11 is 0. The third kappa shape index (κ3) is 5.51. The SMILES string of the molecule is CC(C)Oc1ccccc1C(N)COCC(F)(F)C(F)F. The molecule has 0 fully saturated rings. The molecule has 0 aliphatic rings. The smallest absolute Gasteiger partial charge is 0.330 e. The van der Waals surface area contributed by atoms with Crippen molar-refractivity contribution in [2.24, 2.45) is 5.73 Å². The molecule has 0 bridgehead atoms. The number of benzene rings is 1. The first-order chi connectivity index (χ1) is 9.74. The van der Waals surface area contributed by atoms with E-state index in [1.54, 1.807) is 24.3 Å². The van der Waals surface area contributed by atoms with E-state index in [4.69, 9.17) is 10.5 Å². The molecule has 0 amide bonds. The lowest BCUT2D eigenvalue weighted by Crippen LogP contribution is -2.33. The molecule has 21 heavy (non-hydrogen) atoms. The quantitative estimate of drug-likeness (QED) is 0.749. The zero-order valence-corrected chi connectivity index (χ0v) is 11.9. The van der Waals surface area contributed by atoms with Crippen molar-refractivity contribution in [1.29, 1.82) is 0 Å². The average Bonchev–Trinajstić information content (AvgIpc) is 2.38. The second-order valence-electron chi connectivity index (χ2n) is 4.89. The van der Waals surface area contributed by atoms with Gasteiger partial charge in [0.25, 0.3) is 0 Å². The highest BCUT2D eigenvalue weighted by Gasteiger charge is 2.41. The van der Waals surface area contributed by atoms with E-state index in [1.807, 2.05) is 13.8 Å². The van der Waals surface area contributed by atoms with Crippen LogP contribution in [0.2, 0.25) is 0 Å². The maximum Gasteiger partial charge on any atom is 0.330 e. The molecule has 0 heterocycles. The average molecular weight is 309 g/mol. The number of alkyl halides is 4. The summed E-state index contributed by atoms with van der Waals surface area (Å²) in [4.78, 5) is 0.